The van der Waals surface area contributed by atoms with Gasteiger partial charge in [0, 0.05) is 5.25 Å². The van der Waals surface area contributed by atoms with Gasteiger partial charge in [-0.3, -0.25) is 14.6 Å². The molecule has 1 fully saturated rings. The van der Waals surface area contributed by atoms with Gasteiger partial charge in [0.1, 0.15) is 11.4 Å². The molecule has 1 aromatic rings. The third-order valence-corrected chi connectivity index (χ3v) is 4.17. The van der Waals surface area contributed by atoms with Crippen LogP contribution in [-0.4, -0.2) is 36.2 Å². The number of thioether (sulfide) groups is 1. The number of carbonyl (C=O) groups is 1. The van der Waals surface area contributed by atoms with Crippen molar-refractivity contribution in [2.45, 2.75) is 18.6 Å². The number of alkyl halides is 1. The van der Waals surface area contributed by atoms with Crippen molar-refractivity contribution in [2.24, 2.45) is 0 Å². The summed E-state index contributed by atoms with van der Waals surface area (Å²) >= 11 is 1.24. The Bertz CT molecular complexity index is 475. The molecule has 0 radical (unpaired) electrons. The van der Waals surface area contributed by atoms with E-state index in [1.165, 1.54) is 24.0 Å². The van der Waals surface area contributed by atoms with E-state index in [9.17, 15) is 9.18 Å². The first kappa shape index (κ1) is 14.9. The van der Waals surface area contributed by atoms with Crippen LogP contribution in [0.3, 0.4) is 0 Å². The zero-order valence-electron chi connectivity index (χ0n) is 11.4. The lowest BCUT2D eigenvalue weighted by Crippen LogP contribution is -2.52. The fourth-order valence-electron chi connectivity index (χ4n) is 2.02. The van der Waals surface area contributed by atoms with E-state index in [1.54, 1.807) is 29.3 Å². The van der Waals surface area contributed by atoms with Gasteiger partial charge in [-0.25, -0.2) is 4.39 Å². The molecule has 0 aliphatic carbocycles. The van der Waals surface area contributed by atoms with E-state index in [2.05, 4.69) is 0 Å². The number of hydroxylamine groups is 1. The maximum atomic E-state index is 12.5. The molecule has 1 aliphatic rings. The predicted octanol–water partition coefficient (Wildman–Crippen LogP) is 3.22. The number of benzene rings is 1. The lowest BCUT2D eigenvalue weighted by atomic mass is 10.2. The molecule has 20 heavy (non-hydrogen) atoms. The van der Waals surface area contributed by atoms with Crippen LogP contribution in [0.15, 0.2) is 24.3 Å². The molecular weight excluding hydrogens is 283 g/mol. The van der Waals surface area contributed by atoms with Gasteiger partial charge in [0.15, 0.2) is 0 Å². The van der Waals surface area contributed by atoms with Crippen LogP contribution < -0.4 is 9.75 Å². The van der Waals surface area contributed by atoms with Crippen LogP contribution in [0.2, 0.25) is 0 Å². The molecule has 1 heterocycles. The Labute approximate surface area is 121 Å². The molecule has 0 bridgehead atoms. The SMILES string of the molecule is CCC1CN(c2ccccc2OCF)N(OC)C(=O)S1. The van der Waals surface area contributed by atoms with E-state index < -0.39 is 6.86 Å². The Balaban J connectivity index is 2.34. The molecule has 1 aromatic carbocycles. The fourth-order valence-corrected chi connectivity index (χ4v) is 2.95. The lowest BCUT2D eigenvalue weighted by molar-refractivity contribution is -0.0884. The Morgan fingerprint density at radius 1 is 1.45 bits per heavy atom. The molecule has 1 saturated heterocycles. The summed E-state index contributed by atoms with van der Waals surface area (Å²) in [5.74, 6) is 0.381. The molecular formula is C13H17FN2O3S. The van der Waals surface area contributed by atoms with Gasteiger partial charge in [0.2, 0.25) is 6.86 Å². The van der Waals surface area contributed by atoms with Gasteiger partial charge in [0.05, 0.1) is 13.7 Å². The quantitative estimate of drug-likeness (QED) is 0.835. The van der Waals surface area contributed by atoms with Gasteiger partial charge in [-0.2, -0.15) is 0 Å². The number of hydrogen-bond donors (Lipinski definition) is 0. The highest BCUT2D eigenvalue weighted by Gasteiger charge is 2.34. The Morgan fingerprint density at radius 3 is 2.85 bits per heavy atom. The largest absolute Gasteiger partial charge is 0.461 e. The highest BCUT2D eigenvalue weighted by atomic mass is 32.2. The molecule has 7 heteroatoms. The minimum atomic E-state index is -0.919. The predicted molar refractivity (Wildman–Crippen MR) is 76.3 cm³/mol. The zero-order chi connectivity index (χ0) is 14.5. The number of anilines is 1. The number of para-hydroxylation sites is 2. The number of carbonyl (C=O) groups excluding carboxylic acids is 1. The molecule has 0 saturated carbocycles. The van der Waals surface area contributed by atoms with E-state index in [0.29, 0.717) is 18.0 Å². The van der Waals surface area contributed by atoms with E-state index in [0.717, 1.165) is 6.42 Å². The van der Waals surface area contributed by atoms with Gasteiger partial charge >= 0.3 is 5.24 Å². The molecule has 1 atom stereocenters. The topological polar surface area (TPSA) is 42.0 Å². The summed E-state index contributed by atoms with van der Waals surface area (Å²) in [6.45, 7) is 1.70. The Hall–Kier alpha value is -1.47. The lowest BCUT2D eigenvalue weighted by Gasteiger charge is -2.40. The fraction of sp³-hybridized carbons (Fsp3) is 0.462. The molecule has 0 aromatic heterocycles. The van der Waals surface area contributed by atoms with Crippen molar-refractivity contribution in [1.29, 1.82) is 0 Å². The van der Waals surface area contributed by atoms with Crippen molar-refractivity contribution in [2.75, 3.05) is 25.5 Å². The summed E-state index contributed by atoms with van der Waals surface area (Å²) in [7, 11) is 1.43. The first-order valence-electron chi connectivity index (χ1n) is 6.31. The van der Waals surface area contributed by atoms with Crippen LogP contribution in [0.5, 0.6) is 5.75 Å². The van der Waals surface area contributed by atoms with Crippen LogP contribution in [0.4, 0.5) is 14.9 Å². The summed E-state index contributed by atoms with van der Waals surface area (Å²) in [6.07, 6.45) is 0.858. The van der Waals surface area contributed by atoms with E-state index in [1.807, 2.05) is 6.92 Å². The number of hydrazine groups is 1. The van der Waals surface area contributed by atoms with Crippen molar-refractivity contribution in [1.82, 2.24) is 5.17 Å². The summed E-state index contributed by atoms with van der Waals surface area (Å²) < 4.78 is 17.4. The van der Waals surface area contributed by atoms with E-state index in [-0.39, 0.29) is 10.5 Å². The second kappa shape index (κ2) is 6.81. The Kier molecular flexibility index (Phi) is 5.08. The smallest absolute Gasteiger partial charge is 0.325 e. The third-order valence-electron chi connectivity index (χ3n) is 3.00. The summed E-state index contributed by atoms with van der Waals surface area (Å²) in [4.78, 5) is 17.2. The molecule has 1 aliphatic heterocycles. The molecule has 1 amide bonds. The number of nitrogens with zero attached hydrogens (tertiary/aromatic N) is 2. The van der Waals surface area contributed by atoms with Crippen LogP contribution >= 0.6 is 11.8 Å². The van der Waals surface area contributed by atoms with Gasteiger partial charge in [0.25, 0.3) is 0 Å². The van der Waals surface area contributed by atoms with Crippen molar-refractivity contribution < 1.29 is 18.8 Å². The molecule has 5 nitrogen and oxygen atoms in total. The second-order valence-corrected chi connectivity index (χ2v) is 5.42. The highest BCUT2D eigenvalue weighted by molar-refractivity contribution is 8.14. The van der Waals surface area contributed by atoms with Crippen LogP contribution in [-0.2, 0) is 4.84 Å². The molecule has 110 valence electrons. The van der Waals surface area contributed by atoms with Gasteiger partial charge < -0.3 is 4.74 Å². The highest BCUT2D eigenvalue weighted by Crippen LogP contribution is 2.35. The van der Waals surface area contributed by atoms with Gasteiger partial charge in [-0.15, -0.1) is 5.17 Å². The minimum absolute atomic E-state index is 0.160. The zero-order valence-corrected chi connectivity index (χ0v) is 12.2. The standard InChI is InChI=1S/C13H17FN2O3S/c1-3-10-8-15(16(18-2)13(17)20-10)11-6-4-5-7-12(11)19-9-14/h4-7,10H,3,8-9H2,1-2H3. The van der Waals surface area contributed by atoms with Crippen LogP contribution in [0.25, 0.3) is 0 Å². The maximum absolute atomic E-state index is 12.5. The average Bonchev–Trinajstić information content (AvgIpc) is 2.47. The van der Waals surface area contributed by atoms with E-state index >= 15 is 0 Å². The van der Waals surface area contributed by atoms with Gasteiger partial charge in [-0.05, 0) is 18.6 Å². The van der Waals surface area contributed by atoms with Gasteiger partial charge in [-0.1, -0.05) is 30.8 Å². The molecule has 2 rings (SSSR count). The Morgan fingerprint density at radius 2 is 2.20 bits per heavy atom. The number of halogens is 1. The molecule has 0 N–H and O–H groups in total. The third kappa shape index (κ3) is 2.99. The monoisotopic (exact) mass is 300 g/mol. The summed E-state index contributed by atoms with van der Waals surface area (Å²) in [5, 5.41) is 2.82. The first-order valence-corrected chi connectivity index (χ1v) is 7.19. The van der Waals surface area contributed by atoms with Crippen molar-refractivity contribution in [3.05, 3.63) is 24.3 Å². The van der Waals surface area contributed by atoms with Crippen LogP contribution in [0.1, 0.15) is 13.3 Å². The first-order chi connectivity index (χ1) is 9.71. The number of rotatable bonds is 5. The van der Waals surface area contributed by atoms with Crippen molar-refractivity contribution in [3.63, 3.8) is 0 Å². The van der Waals surface area contributed by atoms with Crippen molar-refractivity contribution in [3.8, 4) is 5.75 Å². The second-order valence-electron chi connectivity index (χ2n) is 4.17. The molecule has 1 unspecified atom stereocenters. The van der Waals surface area contributed by atoms with Crippen molar-refractivity contribution >= 4 is 22.7 Å². The average molecular weight is 300 g/mol. The summed E-state index contributed by atoms with van der Waals surface area (Å²) in [5.41, 5.74) is 0.610. The number of amides is 1. The number of ether oxygens (including phenoxy) is 1. The molecule has 0 spiro atoms. The normalized spacial score (nSPS) is 19.4. The minimum Gasteiger partial charge on any atom is -0.461 e. The number of hydrogen-bond acceptors (Lipinski definition) is 5. The maximum Gasteiger partial charge on any atom is 0.325 e. The van der Waals surface area contributed by atoms with Crippen LogP contribution in [0, 0.1) is 0 Å². The summed E-state index contributed by atoms with van der Waals surface area (Å²) in [6, 6.07) is 6.99. The van der Waals surface area contributed by atoms with E-state index in [4.69, 9.17) is 9.57 Å².